The highest BCUT2D eigenvalue weighted by molar-refractivity contribution is 7.53. The van der Waals surface area contributed by atoms with E-state index >= 15 is 0 Å². The zero-order valence-corrected chi connectivity index (χ0v) is 33.9. The fourth-order valence-corrected chi connectivity index (χ4v) is 8.26. The summed E-state index contributed by atoms with van der Waals surface area (Å²) >= 11 is 0. The first-order valence-corrected chi connectivity index (χ1v) is 21.5. The molecule has 0 bridgehead atoms. The molecule has 0 atom stereocenters. The second-order valence-corrected chi connectivity index (χ2v) is 18.5. The van der Waals surface area contributed by atoms with Gasteiger partial charge in [0.15, 0.2) is 0 Å². The molecule has 0 unspecified atom stereocenters. The van der Waals surface area contributed by atoms with Crippen LogP contribution in [0.1, 0.15) is 0 Å². The molecule has 45 N–H and O–H groups in total. The summed E-state index contributed by atoms with van der Waals surface area (Å²) in [5.74, 6) is 0. The molecule has 0 rings (SSSR count). The van der Waals surface area contributed by atoms with E-state index in [1.54, 1.807) is 0 Å². The van der Waals surface area contributed by atoms with Crippen LogP contribution in [0.15, 0.2) is 0 Å². The lowest BCUT2D eigenvalue weighted by Crippen LogP contribution is -2.43. The molecule has 0 amide bonds. The minimum Gasteiger partial charge on any atom is -0.344 e. The van der Waals surface area contributed by atoms with Gasteiger partial charge in [0.1, 0.15) is 37.7 Å². The van der Waals surface area contributed by atoms with Crippen LogP contribution in [0.3, 0.4) is 0 Å². The van der Waals surface area contributed by atoms with Gasteiger partial charge in [0.2, 0.25) is 0 Å². The molecule has 0 aliphatic rings. The summed E-state index contributed by atoms with van der Waals surface area (Å²) in [6, 6.07) is 0. The van der Waals surface area contributed by atoms with Crippen LogP contribution in [0.5, 0.6) is 0 Å². The topological polar surface area (TPSA) is 743 Å². The van der Waals surface area contributed by atoms with Gasteiger partial charge < -0.3 is 126 Å². The lowest BCUT2D eigenvalue weighted by Gasteiger charge is -2.31. The van der Waals surface area contributed by atoms with Crippen LogP contribution >= 0.6 is 45.6 Å². The maximum atomic E-state index is 11.6. The largest absolute Gasteiger partial charge is 0.344 e. The van der Waals surface area contributed by atoms with Crippen molar-refractivity contribution in [1.82, 2.24) is 87.3 Å². The van der Waals surface area contributed by atoms with Gasteiger partial charge in [-0.1, -0.05) is 0 Å². The Hall–Kier alpha value is 0.300. The van der Waals surface area contributed by atoms with Crippen molar-refractivity contribution in [2.24, 2.45) is 0 Å². The Labute approximate surface area is 296 Å². The molecule has 0 aliphatic heterocycles. The smallest absolute Gasteiger partial charge is 0.339 e. The second-order valence-electron chi connectivity index (χ2n) is 8.86. The molecular weight excluding hydrogens is 828 g/mol. The van der Waals surface area contributed by atoms with E-state index in [2.05, 4.69) is 0 Å². The van der Waals surface area contributed by atoms with Gasteiger partial charge >= 0.3 is 45.6 Å². The monoisotopic (exact) mass is 897 g/mol. The van der Waals surface area contributed by atoms with Crippen LogP contribution in [-0.4, -0.2) is 155 Å². The van der Waals surface area contributed by atoms with Crippen LogP contribution in [-0.2, 0) is 27.4 Å². The third kappa shape index (κ3) is 57.2. The Balaban J connectivity index is -0.000000138. The molecule has 39 heteroatoms. The molecule has 0 aromatic heterocycles. The van der Waals surface area contributed by atoms with Gasteiger partial charge in [-0.2, -0.15) is 0 Å². The van der Waals surface area contributed by atoms with Gasteiger partial charge in [0.25, 0.3) is 0 Å². The van der Waals surface area contributed by atoms with Crippen molar-refractivity contribution >= 4 is 45.6 Å². The summed E-state index contributed by atoms with van der Waals surface area (Å²) in [5.41, 5.74) is 0. The highest BCUT2D eigenvalue weighted by atomic mass is 31.2. The maximum Gasteiger partial charge on any atom is 0.339 e. The van der Waals surface area contributed by atoms with E-state index in [0.717, 1.165) is 9.80 Å². The molecule has 330 valence electrons. The number of rotatable bonds is 21. The predicted molar refractivity (Wildman–Crippen MR) is 193 cm³/mol. The van der Waals surface area contributed by atoms with Gasteiger partial charge in [0, 0.05) is 39.3 Å². The first-order valence-electron chi connectivity index (χ1n) is 10.7. The van der Waals surface area contributed by atoms with Gasteiger partial charge in [-0.15, -0.1) is 0 Å². The van der Waals surface area contributed by atoms with Crippen molar-refractivity contribution in [2.75, 3.05) is 77.0 Å². The van der Waals surface area contributed by atoms with E-state index in [4.69, 9.17) is 39.1 Å². The highest BCUT2D eigenvalue weighted by Crippen LogP contribution is 2.42. The average molecular weight is 898 g/mol. The van der Waals surface area contributed by atoms with Crippen molar-refractivity contribution in [3.8, 4) is 0 Å². The third-order valence-corrected chi connectivity index (χ3v) is 9.11. The van der Waals surface area contributed by atoms with Crippen LogP contribution in [0.4, 0.5) is 0 Å². The Morgan fingerprint density at radius 1 is 0.235 bits per heavy atom. The van der Waals surface area contributed by atoms with Gasteiger partial charge in [0.05, 0.1) is 0 Å². The summed E-state index contributed by atoms with van der Waals surface area (Å²) in [4.78, 5) is 114. The molecule has 0 radical (unpaired) electrons. The van der Waals surface area contributed by atoms with Gasteiger partial charge in [-0.05, 0) is 0 Å². The average Bonchev–Trinajstić information content (AvgIpc) is 2.60. The zero-order valence-electron chi connectivity index (χ0n) is 28.6. The SMILES string of the molecule is N.N.N.N.N.N.N.N.N.N.N.O=P(O)(O)CN(CCN(CCN(CP(=O)(O)O)CP(=O)(O)O)CP(=O)(O)O)CCN(CP(=O)(O)O)CP(=O)(O)O. The first kappa shape index (κ1) is 84.0. The predicted octanol–water partition coefficient (Wildman–Crippen LogP) is -1.21. The van der Waals surface area contributed by atoms with E-state index in [1.807, 2.05) is 0 Å². The molecule has 0 aromatic rings. The lowest BCUT2D eigenvalue weighted by molar-refractivity contribution is 0.181. The van der Waals surface area contributed by atoms with Crippen molar-refractivity contribution in [2.45, 2.75) is 0 Å². The van der Waals surface area contributed by atoms with E-state index in [1.165, 1.54) is 0 Å². The molecule has 0 spiro atoms. The number of hydrogen-bond acceptors (Lipinski definition) is 21. The molecule has 0 aromatic carbocycles. The quantitative estimate of drug-likeness (QED) is 0.0601. The van der Waals surface area contributed by atoms with E-state index in [-0.39, 0.29) is 80.7 Å². The van der Waals surface area contributed by atoms with E-state index in [9.17, 15) is 47.0 Å². The molecular formula is C12H69N15O18P6. The first-order chi connectivity index (χ1) is 17.5. The fourth-order valence-electron chi connectivity index (χ4n) is 3.29. The minimum absolute atomic E-state index is 0. The van der Waals surface area contributed by atoms with E-state index in [0.29, 0.717) is 9.80 Å². The Kier molecular flexibility index (Phi) is 55.4. The second kappa shape index (κ2) is 33.6. The third-order valence-electron chi connectivity index (χ3n) is 4.50. The Morgan fingerprint density at radius 3 is 0.451 bits per heavy atom. The van der Waals surface area contributed by atoms with Crippen LogP contribution in [0, 0.1) is 0 Å². The number of nitrogens with zero attached hydrogens (tertiary/aromatic N) is 4. The molecule has 0 saturated heterocycles. The summed E-state index contributed by atoms with van der Waals surface area (Å²) in [7, 11) is -28.8. The molecule has 33 nitrogen and oxygen atoms in total. The van der Waals surface area contributed by atoms with Crippen LogP contribution in [0.2, 0.25) is 0 Å². The minimum atomic E-state index is -4.81. The van der Waals surface area contributed by atoms with Gasteiger partial charge in [-0.3, -0.25) is 47.0 Å². The molecule has 0 aliphatic carbocycles. The fraction of sp³-hybridized carbons (Fsp3) is 1.00. The van der Waals surface area contributed by atoms with Crippen molar-refractivity contribution < 1.29 is 86.1 Å². The molecule has 0 fully saturated rings. The van der Waals surface area contributed by atoms with Crippen molar-refractivity contribution in [3.05, 3.63) is 0 Å². The van der Waals surface area contributed by atoms with Crippen LogP contribution < -0.4 is 67.7 Å². The summed E-state index contributed by atoms with van der Waals surface area (Å²) < 4.78 is 68.5. The number of hydrogen-bond donors (Lipinski definition) is 23. The summed E-state index contributed by atoms with van der Waals surface area (Å²) in [6.07, 6.45) is -6.33. The Bertz CT molecular complexity index is 967. The molecule has 0 saturated carbocycles. The normalized spacial score (nSPS) is 11.5. The zero-order chi connectivity index (χ0) is 31.8. The van der Waals surface area contributed by atoms with E-state index < -0.39 is 109 Å². The summed E-state index contributed by atoms with van der Waals surface area (Å²) in [6.45, 7) is -2.65. The standard InChI is InChI=1S/C12H36N4O18P6.11H3N/c17-35(18,19)7-13(3-5-15(9-37(23,24)25)10-38(26,27)28)1-2-14(8-36(20,21)22)4-6-16(11-39(29,30)31)12-40(32,33)34;;;;;;;;;;;/h1-12H2,(H2,17,18,19)(H2,20,21,22)(H2,23,24,25)(H2,26,27,28)(H2,29,30,31)(H2,32,33,34);11*1H3. The Morgan fingerprint density at radius 2 is 0.333 bits per heavy atom. The van der Waals surface area contributed by atoms with Crippen LogP contribution in [0.25, 0.3) is 0 Å². The summed E-state index contributed by atoms with van der Waals surface area (Å²) in [5, 5.41) is 0. The molecule has 0 heterocycles. The van der Waals surface area contributed by atoms with Gasteiger partial charge in [-0.25, -0.2) is 0 Å². The molecule has 51 heavy (non-hydrogen) atoms. The van der Waals surface area contributed by atoms with Crippen molar-refractivity contribution in [3.63, 3.8) is 0 Å². The highest BCUT2D eigenvalue weighted by Gasteiger charge is 2.29. The van der Waals surface area contributed by atoms with Crippen molar-refractivity contribution in [1.29, 1.82) is 0 Å². The maximum absolute atomic E-state index is 11.6. The lowest BCUT2D eigenvalue weighted by atomic mass is 10.4.